The second-order valence-electron chi connectivity index (χ2n) is 3.12. The molecule has 0 saturated carbocycles. The fourth-order valence-corrected chi connectivity index (χ4v) is 1.28. The molecule has 0 amide bonds. The lowest BCUT2D eigenvalue weighted by atomic mass is 10.4. The fourth-order valence-electron chi connectivity index (χ4n) is 1.28. The van der Waals surface area contributed by atoms with Crippen LogP contribution in [-0.4, -0.2) is 25.9 Å². The SMILES string of the molecule is Nc1nc(N)c2cnn(CC(F)(F)F)c2n1. The highest BCUT2D eigenvalue weighted by molar-refractivity contribution is 5.85. The van der Waals surface area contributed by atoms with Gasteiger partial charge in [-0.05, 0) is 0 Å². The van der Waals surface area contributed by atoms with E-state index in [0.29, 0.717) is 4.68 Å². The minimum absolute atomic E-state index is 0.0101. The number of rotatable bonds is 1. The fraction of sp³-hybridized carbons (Fsp3) is 0.286. The Hall–Kier alpha value is -2.06. The molecule has 2 rings (SSSR count). The summed E-state index contributed by atoms with van der Waals surface area (Å²) in [5.41, 5.74) is 10.7. The molecule has 2 aromatic heterocycles. The summed E-state index contributed by atoms with van der Waals surface area (Å²) >= 11 is 0. The average Bonchev–Trinajstić information content (AvgIpc) is 2.46. The summed E-state index contributed by atoms with van der Waals surface area (Å²) in [6.07, 6.45) is -3.21. The summed E-state index contributed by atoms with van der Waals surface area (Å²) in [5, 5.41) is 3.79. The lowest BCUT2D eigenvalue weighted by molar-refractivity contribution is -0.141. The standard InChI is InChI=1S/C7H7F3N6/c8-7(9,10)2-16-5-3(1-13-16)4(11)14-6(12)15-5/h1H,2H2,(H4,11,12,14,15). The molecule has 0 atom stereocenters. The summed E-state index contributed by atoms with van der Waals surface area (Å²) in [4.78, 5) is 7.29. The van der Waals surface area contributed by atoms with Crippen LogP contribution in [-0.2, 0) is 6.54 Å². The first kappa shape index (κ1) is 10.5. The molecule has 0 bridgehead atoms. The molecule has 4 N–H and O–H groups in total. The lowest BCUT2D eigenvalue weighted by Gasteiger charge is -2.07. The van der Waals surface area contributed by atoms with Crippen molar-refractivity contribution in [2.45, 2.75) is 12.7 Å². The third kappa shape index (κ3) is 1.83. The Morgan fingerprint density at radius 3 is 2.56 bits per heavy atom. The van der Waals surface area contributed by atoms with Crippen molar-refractivity contribution in [1.82, 2.24) is 19.7 Å². The molecule has 0 fully saturated rings. The smallest absolute Gasteiger partial charge is 0.383 e. The maximum absolute atomic E-state index is 12.2. The van der Waals surface area contributed by atoms with Crippen LogP contribution in [0.2, 0.25) is 0 Å². The molecule has 2 aromatic rings. The molecule has 0 radical (unpaired) electrons. The molecule has 0 aromatic carbocycles. The summed E-state index contributed by atoms with van der Waals surface area (Å²) in [6, 6.07) is 0. The molecule has 0 aliphatic heterocycles. The zero-order valence-electron chi connectivity index (χ0n) is 7.86. The van der Waals surface area contributed by atoms with E-state index < -0.39 is 12.7 Å². The number of hydrogen-bond acceptors (Lipinski definition) is 5. The molecule has 6 nitrogen and oxygen atoms in total. The van der Waals surface area contributed by atoms with Gasteiger partial charge in [0.25, 0.3) is 0 Å². The van der Waals surface area contributed by atoms with Gasteiger partial charge in [-0.1, -0.05) is 0 Å². The van der Waals surface area contributed by atoms with E-state index in [4.69, 9.17) is 11.5 Å². The van der Waals surface area contributed by atoms with Gasteiger partial charge in [-0.3, -0.25) is 0 Å². The van der Waals surface area contributed by atoms with Gasteiger partial charge < -0.3 is 11.5 Å². The van der Waals surface area contributed by atoms with Crippen LogP contribution in [0.5, 0.6) is 0 Å². The van der Waals surface area contributed by atoms with E-state index in [1.165, 1.54) is 6.20 Å². The van der Waals surface area contributed by atoms with Gasteiger partial charge in [0.1, 0.15) is 12.4 Å². The molecule has 0 unspecified atom stereocenters. The Balaban J connectivity index is 2.56. The molecule has 2 heterocycles. The summed E-state index contributed by atoms with van der Waals surface area (Å²) in [5.74, 6) is -0.176. The first-order valence-corrected chi connectivity index (χ1v) is 4.18. The van der Waals surface area contributed by atoms with E-state index >= 15 is 0 Å². The largest absolute Gasteiger partial charge is 0.408 e. The van der Waals surface area contributed by atoms with Crippen LogP contribution in [0.1, 0.15) is 0 Å². The molecule has 0 spiro atoms. The lowest BCUT2D eigenvalue weighted by Crippen LogP contribution is -2.19. The van der Waals surface area contributed by atoms with Crippen molar-refractivity contribution >= 4 is 22.8 Å². The monoisotopic (exact) mass is 232 g/mol. The van der Waals surface area contributed by atoms with E-state index in [0.717, 1.165) is 0 Å². The van der Waals surface area contributed by atoms with Crippen molar-refractivity contribution in [2.75, 3.05) is 11.5 Å². The van der Waals surface area contributed by atoms with Gasteiger partial charge in [-0.2, -0.15) is 28.2 Å². The predicted molar refractivity (Wildman–Crippen MR) is 50.2 cm³/mol. The zero-order chi connectivity index (χ0) is 11.9. The van der Waals surface area contributed by atoms with E-state index in [1.807, 2.05) is 0 Å². The Morgan fingerprint density at radius 2 is 1.94 bits per heavy atom. The van der Waals surface area contributed by atoms with Crippen molar-refractivity contribution < 1.29 is 13.2 Å². The minimum Gasteiger partial charge on any atom is -0.383 e. The number of aromatic nitrogens is 4. The Kier molecular flexibility index (Phi) is 2.10. The number of alkyl halides is 3. The predicted octanol–water partition coefficient (Wildman–Crippen LogP) is 0.553. The Morgan fingerprint density at radius 1 is 1.25 bits per heavy atom. The number of nitrogen functional groups attached to an aromatic ring is 2. The van der Waals surface area contributed by atoms with Crippen LogP contribution in [0.25, 0.3) is 11.0 Å². The van der Waals surface area contributed by atoms with Crippen LogP contribution in [0.4, 0.5) is 24.9 Å². The number of halogens is 3. The van der Waals surface area contributed by atoms with Gasteiger partial charge in [0.15, 0.2) is 5.65 Å². The highest BCUT2D eigenvalue weighted by atomic mass is 19.4. The Bertz CT molecular complexity index is 531. The number of anilines is 2. The van der Waals surface area contributed by atoms with Gasteiger partial charge in [0.05, 0.1) is 11.6 Å². The maximum atomic E-state index is 12.2. The number of fused-ring (bicyclic) bond motifs is 1. The molecule has 0 saturated heterocycles. The van der Waals surface area contributed by atoms with E-state index in [-0.39, 0.29) is 22.8 Å². The van der Waals surface area contributed by atoms with Crippen LogP contribution < -0.4 is 11.5 Å². The highest BCUT2D eigenvalue weighted by Crippen LogP contribution is 2.22. The van der Waals surface area contributed by atoms with Crippen LogP contribution >= 0.6 is 0 Å². The van der Waals surface area contributed by atoms with Crippen LogP contribution in [0.3, 0.4) is 0 Å². The van der Waals surface area contributed by atoms with Gasteiger partial charge >= 0.3 is 6.18 Å². The number of nitrogens with two attached hydrogens (primary N) is 2. The summed E-state index contributed by atoms with van der Waals surface area (Å²) in [7, 11) is 0. The molecule has 86 valence electrons. The average molecular weight is 232 g/mol. The Labute approximate surface area is 87.1 Å². The molecular weight excluding hydrogens is 225 g/mol. The van der Waals surface area contributed by atoms with Crippen LogP contribution in [0, 0.1) is 0 Å². The number of nitrogens with zero attached hydrogens (tertiary/aromatic N) is 4. The second-order valence-corrected chi connectivity index (χ2v) is 3.12. The van der Waals surface area contributed by atoms with E-state index in [2.05, 4.69) is 15.1 Å². The quantitative estimate of drug-likeness (QED) is 0.748. The first-order chi connectivity index (χ1) is 7.37. The zero-order valence-corrected chi connectivity index (χ0v) is 7.86. The molecular formula is C7H7F3N6. The topological polar surface area (TPSA) is 95.6 Å². The van der Waals surface area contributed by atoms with Gasteiger partial charge in [0, 0.05) is 0 Å². The summed E-state index contributed by atoms with van der Waals surface area (Å²) in [6.45, 7) is -1.24. The van der Waals surface area contributed by atoms with Crippen molar-refractivity contribution in [3.05, 3.63) is 6.20 Å². The first-order valence-electron chi connectivity index (χ1n) is 4.18. The van der Waals surface area contributed by atoms with Gasteiger partial charge in [-0.15, -0.1) is 0 Å². The van der Waals surface area contributed by atoms with E-state index in [9.17, 15) is 13.2 Å². The summed E-state index contributed by atoms with van der Waals surface area (Å²) < 4.78 is 37.2. The third-order valence-electron chi connectivity index (χ3n) is 1.87. The van der Waals surface area contributed by atoms with Crippen LogP contribution in [0.15, 0.2) is 6.20 Å². The maximum Gasteiger partial charge on any atom is 0.408 e. The third-order valence-corrected chi connectivity index (χ3v) is 1.87. The minimum atomic E-state index is -4.38. The second kappa shape index (κ2) is 3.22. The van der Waals surface area contributed by atoms with E-state index in [1.54, 1.807) is 0 Å². The molecule has 16 heavy (non-hydrogen) atoms. The highest BCUT2D eigenvalue weighted by Gasteiger charge is 2.29. The molecule has 0 aliphatic rings. The molecule has 0 aliphatic carbocycles. The normalized spacial score (nSPS) is 12.2. The van der Waals surface area contributed by atoms with Gasteiger partial charge in [0.2, 0.25) is 5.95 Å². The van der Waals surface area contributed by atoms with Gasteiger partial charge in [-0.25, -0.2) is 4.68 Å². The van der Waals surface area contributed by atoms with Crippen molar-refractivity contribution in [2.24, 2.45) is 0 Å². The number of hydrogen-bond donors (Lipinski definition) is 2. The van der Waals surface area contributed by atoms with Crippen molar-refractivity contribution in [3.63, 3.8) is 0 Å². The van der Waals surface area contributed by atoms with Crippen molar-refractivity contribution in [1.29, 1.82) is 0 Å². The van der Waals surface area contributed by atoms with Crippen molar-refractivity contribution in [3.8, 4) is 0 Å². The molecule has 9 heteroatoms.